The maximum atomic E-state index is 12.8. The molecule has 1 aromatic heterocycles. The number of carbonyl (C=O) groups excluding carboxylic acids is 1. The van der Waals surface area contributed by atoms with Crippen molar-refractivity contribution >= 4 is 16.9 Å². The first kappa shape index (κ1) is 16.6. The Bertz CT molecular complexity index is 763. The Hall–Kier alpha value is -1.85. The molecule has 0 aliphatic carbocycles. The van der Waals surface area contributed by atoms with Crippen LogP contribution in [0.3, 0.4) is 0 Å². The van der Waals surface area contributed by atoms with Crippen LogP contribution in [0, 0.1) is 12.8 Å². The van der Waals surface area contributed by atoms with E-state index in [1.165, 1.54) is 5.56 Å². The number of rotatable bonds is 3. The van der Waals surface area contributed by atoms with Crippen LogP contribution in [0.25, 0.3) is 11.0 Å². The standard InChI is InChI=1S/C20H26N2O3/c1-14-3-4-17-16(13-25-19(17)9-14)10-20(23)22-11-15(2)18(12-22)21-5-7-24-8-6-21/h3-4,9,13,15,18H,5-8,10-12H2,1-2H3/t15-,18+/m1/s1. The molecule has 134 valence electrons. The van der Waals surface area contributed by atoms with Crippen LogP contribution >= 0.6 is 0 Å². The summed E-state index contributed by atoms with van der Waals surface area (Å²) in [7, 11) is 0. The average Bonchev–Trinajstić information content (AvgIpc) is 3.19. The van der Waals surface area contributed by atoms with Gasteiger partial charge in [-0.3, -0.25) is 9.69 Å². The maximum Gasteiger partial charge on any atom is 0.227 e. The number of nitrogens with zero attached hydrogens (tertiary/aromatic N) is 2. The summed E-state index contributed by atoms with van der Waals surface area (Å²) in [4.78, 5) is 17.3. The molecule has 0 spiro atoms. The average molecular weight is 342 g/mol. The molecule has 2 atom stereocenters. The molecule has 1 amide bonds. The van der Waals surface area contributed by atoms with E-state index in [4.69, 9.17) is 9.15 Å². The highest BCUT2D eigenvalue weighted by Gasteiger charge is 2.36. The van der Waals surface area contributed by atoms with E-state index in [2.05, 4.69) is 24.0 Å². The van der Waals surface area contributed by atoms with Crippen LogP contribution in [0.4, 0.5) is 0 Å². The fraction of sp³-hybridized carbons (Fsp3) is 0.550. The highest BCUT2D eigenvalue weighted by molar-refractivity contribution is 5.88. The number of ether oxygens (including phenoxy) is 1. The van der Waals surface area contributed by atoms with Gasteiger partial charge in [0.15, 0.2) is 0 Å². The van der Waals surface area contributed by atoms with Crippen LogP contribution < -0.4 is 0 Å². The largest absolute Gasteiger partial charge is 0.464 e. The van der Waals surface area contributed by atoms with Gasteiger partial charge in [-0.25, -0.2) is 0 Å². The van der Waals surface area contributed by atoms with Crippen molar-refractivity contribution in [3.8, 4) is 0 Å². The lowest BCUT2D eigenvalue weighted by Crippen LogP contribution is -2.47. The molecule has 0 radical (unpaired) electrons. The number of amides is 1. The van der Waals surface area contributed by atoms with Gasteiger partial charge >= 0.3 is 0 Å². The Morgan fingerprint density at radius 3 is 2.84 bits per heavy atom. The zero-order chi connectivity index (χ0) is 17.4. The molecule has 3 heterocycles. The Kier molecular flexibility index (Phi) is 4.52. The number of carbonyl (C=O) groups is 1. The van der Waals surface area contributed by atoms with E-state index in [-0.39, 0.29) is 5.91 Å². The van der Waals surface area contributed by atoms with E-state index < -0.39 is 0 Å². The van der Waals surface area contributed by atoms with Crippen LogP contribution in [0.15, 0.2) is 28.9 Å². The first-order chi connectivity index (χ1) is 12.1. The lowest BCUT2D eigenvalue weighted by atomic mass is 10.0. The zero-order valence-corrected chi connectivity index (χ0v) is 15.0. The molecule has 2 aliphatic heterocycles. The SMILES string of the molecule is Cc1ccc2c(CC(=O)N3C[C@@H](C)[C@@H](N4CCOCC4)C3)coc2c1. The molecule has 0 N–H and O–H groups in total. The number of benzene rings is 1. The highest BCUT2D eigenvalue weighted by Crippen LogP contribution is 2.26. The van der Waals surface area contributed by atoms with E-state index in [1.807, 2.05) is 17.9 Å². The number of likely N-dealkylation sites (tertiary alicyclic amines) is 1. The van der Waals surface area contributed by atoms with Gasteiger partial charge in [-0.2, -0.15) is 0 Å². The normalized spacial score (nSPS) is 25.0. The van der Waals surface area contributed by atoms with Crippen LogP contribution in [0.2, 0.25) is 0 Å². The van der Waals surface area contributed by atoms with Gasteiger partial charge in [-0.1, -0.05) is 19.1 Å². The molecule has 2 aromatic rings. The number of hydrogen-bond acceptors (Lipinski definition) is 4. The third-order valence-corrected chi connectivity index (χ3v) is 5.59. The first-order valence-electron chi connectivity index (χ1n) is 9.18. The number of furan rings is 1. The Labute approximate surface area is 148 Å². The van der Waals surface area contributed by atoms with Crippen molar-refractivity contribution in [2.45, 2.75) is 26.3 Å². The van der Waals surface area contributed by atoms with Crippen molar-refractivity contribution in [1.82, 2.24) is 9.80 Å². The van der Waals surface area contributed by atoms with Crippen molar-refractivity contribution in [2.75, 3.05) is 39.4 Å². The molecule has 5 heteroatoms. The Balaban J connectivity index is 1.44. The fourth-order valence-corrected chi connectivity index (χ4v) is 4.14. The van der Waals surface area contributed by atoms with Crippen LogP contribution in [-0.4, -0.2) is 61.1 Å². The molecule has 2 aliphatic rings. The van der Waals surface area contributed by atoms with E-state index >= 15 is 0 Å². The minimum absolute atomic E-state index is 0.200. The van der Waals surface area contributed by atoms with Gasteiger partial charge in [0.2, 0.25) is 5.91 Å². The van der Waals surface area contributed by atoms with Crippen LogP contribution in [0.5, 0.6) is 0 Å². The fourth-order valence-electron chi connectivity index (χ4n) is 4.14. The quantitative estimate of drug-likeness (QED) is 0.860. The maximum absolute atomic E-state index is 12.8. The van der Waals surface area contributed by atoms with Crippen molar-refractivity contribution in [2.24, 2.45) is 5.92 Å². The molecule has 0 saturated carbocycles. The zero-order valence-electron chi connectivity index (χ0n) is 15.0. The van der Waals surface area contributed by atoms with E-state index in [0.29, 0.717) is 18.4 Å². The first-order valence-corrected chi connectivity index (χ1v) is 9.18. The molecule has 1 aromatic carbocycles. The topological polar surface area (TPSA) is 45.9 Å². The molecule has 2 fully saturated rings. The summed E-state index contributed by atoms with van der Waals surface area (Å²) in [5, 5.41) is 1.05. The number of fused-ring (bicyclic) bond motifs is 1. The van der Waals surface area contributed by atoms with Crippen molar-refractivity contribution in [3.63, 3.8) is 0 Å². The highest BCUT2D eigenvalue weighted by atomic mass is 16.5. The second-order valence-corrected chi connectivity index (χ2v) is 7.43. The van der Waals surface area contributed by atoms with Crippen LogP contribution in [-0.2, 0) is 16.0 Å². The molecular weight excluding hydrogens is 316 g/mol. The predicted octanol–water partition coefficient (Wildman–Crippen LogP) is 2.46. The van der Waals surface area contributed by atoms with Gasteiger partial charge in [0, 0.05) is 43.2 Å². The van der Waals surface area contributed by atoms with Gasteiger partial charge in [0.05, 0.1) is 25.9 Å². The molecule has 0 bridgehead atoms. The van der Waals surface area contributed by atoms with Gasteiger partial charge in [-0.15, -0.1) is 0 Å². The van der Waals surface area contributed by atoms with Crippen molar-refractivity contribution in [1.29, 1.82) is 0 Å². The van der Waals surface area contributed by atoms with E-state index in [0.717, 1.165) is 55.9 Å². The second-order valence-electron chi connectivity index (χ2n) is 7.43. The van der Waals surface area contributed by atoms with E-state index in [1.54, 1.807) is 6.26 Å². The summed E-state index contributed by atoms with van der Waals surface area (Å²) < 4.78 is 11.1. The van der Waals surface area contributed by atoms with Crippen molar-refractivity contribution < 1.29 is 13.9 Å². The molecule has 5 nitrogen and oxygen atoms in total. The van der Waals surface area contributed by atoms with Gasteiger partial charge < -0.3 is 14.1 Å². The van der Waals surface area contributed by atoms with E-state index in [9.17, 15) is 4.79 Å². The molecule has 4 rings (SSSR count). The predicted molar refractivity (Wildman–Crippen MR) is 96.6 cm³/mol. The lowest BCUT2D eigenvalue weighted by Gasteiger charge is -2.33. The smallest absolute Gasteiger partial charge is 0.227 e. The minimum atomic E-state index is 0.200. The van der Waals surface area contributed by atoms with Gasteiger partial charge in [0.25, 0.3) is 0 Å². The molecule has 2 saturated heterocycles. The summed E-state index contributed by atoms with van der Waals surface area (Å²) in [5.74, 6) is 0.705. The number of hydrogen-bond donors (Lipinski definition) is 0. The van der Waals surface area contributed by atoms with Crippen LogP contribution in [0.1, 0.15) is 18.1 Å². The molecule has 25 heavy (non-hydrogen) atoms. The summed E-state index contributed by atoms with van der Waals surface area (Å²) >= 11 is 0. The third kappa shape index (κ3) is 3.31. The second kappa shape index (κ2) is 6.81. The number of morpholine rings is 1. The summed E-state index contributed by atoms with van der Waals surface area (Å²) in [6.45, 7) is 9.53. The Morgan fingerprint density at radius 2 is 2.04 bits per heavy atom. The summed E-state index contributed by atoms with van der Waals surface area (Å²) in [6.07, 6.45) is 2.15. The van der Waals surface area contributed by atoms with Crippen molar-refractivity contribution in [3.05, 3.63) is 35.6 Å². The van der Waals surface area contributed by atoms with Gasteiger partial charge in [-0.05, 0) is 24.5 Å². The van der Waals surface area contributed by atoms with Gasteiger partial charge in [0.1, 0.15) is 5.58 Å². The summed E-state index contributed by atoms with van der Waals surface area (Å²) in [6, 6.07) is 6.60. The minimum Gasteiger partial charge on any atom is -0.464 e. The summed E-state index contributed by atoms with van der Waals surface area (Å²) in [5.41, 5.74) is 3.02. The monoisotopic (exact) mass is 342 g/mol. The Morgan fingerprint density at radius 1 is 1.24 bits per heavy atom. The number of aryl methyl sites for hydroxylation is 1. The molecular formula is C20H26N2O3. The lowest BCUT2D eigenvalue weighted by molar-refractivity contribution is -0.129. The molecule has 0 unspecified atom stereocenters. The third-order valence-electron chi connectivity index (χ3n) is 5.59.